The van der Waals surface area contributed by atoms with E-state index >= 15 is 0 Å². The molecule has 3 aromatic rings. The molecular formula is C27H27NO3. The molecule has 0 aliphatic heterocycles. The van der Waals surface area contributed by atoms with Crippen molar-refractivity contribution in [3.05, 3.63) is 95.1 Å². The molecule has 1 amide bonds. The molecule has 1 N–H and O–H groups in total. The molecular weight excluding hydrogens is 386 g/mol. The maximum atomic E-state index is 12.2. The molecule has 1 aliphatic rings. The van der Waals surface area contributed by atoms with Crippen molar-refractivity contribution in [2.24, 2.45) is 0 Å². The van der Waals surface area contributed by atoms with E-state index in [9.17, 15) is 4.79 Å². The summed E-state index contributed by atoms with van der Waals surface area (Å²) in [5, 5.41) is 2.84. The molecule has 0 heterocycles. The van der Waals surface area contributed by atoms with Gasteiger partial charge in [-0.2, -0.15) is 0 Å². The largest absolute Gasteiger partial charge is 0.496 e. The molecule has 0 bridgehead atoms. The topological polar surface area (TPSA) is 47.6 Å². The molecule has 0 aromatic heterocycles. The second-order valence-corrected chi connectivity index (χ2v) is 7.69. The van der Waals surface area contributed by atoms with Crippen molar-refractivity contribution in [1.82, 2.24) is 5.32 Å². The minimum Gasteiger partial charge on any atom is -0.496 e. The summed E-state index contributed by atoms with van der Waals surface area (Å²) in [6.45, 7) is 2.90. The van der Waals surface area contributed by atoms with Gasteiger partial charge in [0.15, 0.2) is 0 Å². The van der Waals surface area contributed by atoms with Gasteiger partial charge in [0.2, 0.25) is 0 Å². The van der Waals surface area contributed by atoms with Gasteiger partial charge in [0.25, 0.3) is 0 Å². The highest BCUT2D eigenvalue weighted by Gasteiger charge is 2.28. The minimum atomic E-state index is -0.386. The summed E-state index contributed by atoms with van der Waals surface area (Å²) in [5.41, 5.74) is 7.09. The van der Waals surface area contributed by atoms with Crippen LogP contribution in [0.25, 0.3) is 17.2 Å². The number of alkyl carbamates (subject to hydrolysis) is 1. The van der Waals surface area contributed by atoms with E-state index < -0.39 is 0 Å². The second kappa shape index (κ2) is 9.52. The maximum absolute atomic E-state index is 12.2. The van der Waals surface area contributed by atoms with E-state index in [1.807, 2.05) is 48.6 Å². The van der Waals surface area contributed by atoms with Gasteiger partial charge in [-0.3, -0.25) is 0 Å². The molecule has 0 saturated carbocycles. The van der Waals surface area contributed by atoms with Crippen LogP contribution in [0.15, 0.2) is 72.8 Å². The normalized spacial score (nSPS) is 12.5. The number of hydrogen-bond donors (Lipinski definition) is 1. The van der Waals surface area contributed by atoms with E-state index in [0.29, 0.717) is 19.6 Å². The Balaban J connectivity index is 1.28. The number of carbonyl (C=O) groups excluding carboxylic acids is 1. The molecule has 0 fully saturated rings. The number of fused-ring (bicyclic) bond motifs is 3. The number of ether oxygens (including phenoxy) is 2. The number of amides is 1. The summed E-state index contributed by atoms with van der Waals surface area (Å²) in [7, 11) is 1.67. The molecule has 0 atom stereocenters. The van der Waals surface area contributed by atoms with Crippen LogP contribution in [0.3, 0.4) is 0 Å². The van der Waals surface area contributed by atoms with Crippen molar-refractivity contribution in [2.75, 3.05) is 20.3 Å². The zero-order valence-corrected chi connectivity index (χ0v) is 17.9. The lowest BCUT2D eigenvalue weighted by Gasteiger charge is -2.14. The van der Waals surface area contributed by atoms with Gasteiger partial charge in [0, 0.05) is 18.0 Å². The minimum absolute atomic E-state index is 0.0758. The quantitative estimate of drug-likeness (QED) is 0.487. The lowest BCUT2D eigenvalue weighted by atomic mass is 9.98. The molecule has 0 unspecified atom stereocenters. The first-order valence-corrected chi connectivity index (χ1v) is 10.6. The number of rotatable bonds is 7. The van der Waals surface area contributed by atoms with Crippen LogP contribution in [0.2, 0.25) is 0 Å². The average molecular weight is 414 g/mol. The molecule has 158 valence electrons. The van der Waals surface area contributed by atoms with Crippen molar-refractivity contribution in [2.45, 2.75) is 19.3 Å². The van der Waals surface area contributed by atoms with Crippen LogP contribution < -0.4 is 10.1 Å². The first-order chi connectivity index (χ1) is 15.2. The highest BCUT2D eigenvalue weighted by atomic mass is 16.5. The first kappa shape index (κ1) is 20.7. The highest BCUT2D eigenvalue weighted by molar-refractivity contribution is 5.79. The van der Waals surface area contributed by atoms with Crippen LogP contribution in [0.5, 0.6) is 5.75 Å². The maximum Gasteiger partial charge on any atom is 0.407 e. The SMILES string of the molecule is COc1ccc(C)cc1C=CCCNC(=O)OCC1c2ccccc2-c2ccccc21. The Labute approximate surface area is 183 Å². The summed E-state index contributed by atoms with van der Waals surface area (Å²) in [6, 6.07) is 22.7. The van der Waals surface area contributed by atoms with Crippen LogP contribution in [0.4, 0.5) is 4.79 Å². The van der Waals surface area contributed by atoms with Gasteiger partial charge >= 0.3 is 6.09 Å². The Morgan fingerprint density at radius 3 is 2.35 bits per heavy atom. The number of carbonyl (C=O) groups is 1. The number of methoxy groups -OCH3 is 1. The van der Waals surface area contributed by atoms with Gasteiger partial charge in [-0.25, -0.2) is 4.79 Å². The van der Waals surface area contributed by atoms with Gasteiger partial charge in [-0.15, -0.1) is 0 Å². The zero-order chi connectivity index (χ0) is 21.6. The Morgan fingerprint density at radius 2 is 1.68 bits per heavy atom. The van der Waals surface area contributed by atoms with E-state index in [-0.39, 0.29) is 12.0 Å². The summed E-state index contributed by atoms with van der Waals surface area (Å²) in [4.78, 5) is 12.2. The van der Waals surface area contributed by atoms with E-state index in [1.165, 1.54) is 27.8 Å². The number of nitrogens with one attached hydrogen (secondary N) is 1. The zero-order valence-electron chi connectivity index (χ0n) is 17.9. The van der Waals surface area contributed by atoms with Gasteiger partial charge in [0.05, 0.1) is 7.11 Å². The van der Waals surface area contributed by atoms with Crippen molar-refractivity contribution in [3.63, 3.8) is 0 Å². The number of benzene rings is 3. The fraction of sp³-hybridized carbons (Fsp3) is 0.222. The van der Waals surface area contributed by atoms with Crippen LogP contribution in [-0.4, -0.2) is 26.4 Å². The van der Waals surface area contributed by atoms with Gasteiger partial charge in [-0.1, -0.05) is 72.3 Å². The molecule has 1 aliphatic carbocycles. The average Bonchev–Trinajstić information content (AvgIpc) is 3.11. The Kier molecular flexibility index (Phi) is 6.37. The Hall–Kier alpha value is -3.53. The van der Waals surface area contributed by atoms with Crippen molar-refractivity contribution >= 4 is 12.2 Å². The van der Waals surface area contributed by atoms with Crippen LogP contribution in [0.1, 0.15) is 34.6 Å². The first-order valence-electron chi connectivity index (χ1n) is 10.6. The fourth-order valence-corrected chi connectivity index (χ4v) is 4.10. The molecule has 0 spiro atoms. The summed E-state index contributed by atoms with van der Waals surface area (Å²) < 4.78 is 10.9. The van der Waals surface area contributed by atoms with E-state index in [4.69, 9.17) is 9.47 Å². The van der Waals surface area contributed by atoms with E-state index in [1.54, 1.807) is 7.11 Å². The van der Waals surface area contributed by atoms with E-state index in [2.05, 4.69) is 42.6 Å². The standard InChI is InChI=1S/C27H27NO3/c1-19-14-15-26(30-2)20(17-19)9-7-8-16-28-27(29)31-18-25-23-12-5-3-10-21(23)22-11-4-6-13-24(22)25/h3-7,9-15,17,25H,8,16,18H2,1-2H3,(H,28,29). The lowest BCUT2D eigenvalue weighted by Crippen LogP contribution is -2.26. The summed E-state index contributed by atoms with van der Waals surface area (Å²) in [6.07, 6.45) is 4.37. The van der Waals surface area contributed by atoms with Crippen LogP contribution in [-0.2, 0) is 4.74 Å². The Morgan fingerprint density at radius 1 is 1.00 bits per heavy atom. The number of aryl methyl sites for hydroxylation is 1. The molecule has 3 aromatic carbocycles. The monoisotopic (exact) mass is 413 g/mol. The van der Waals surface area contributed by atoms with Crippen molar-refractivity contribution in [3.8, 4) is 16.9 Å². The van der Waals surface area contributed by atoms with Gasteiger partial charge in [0.1, 0.15) is 12.4 Å². The highest BCUT2D eigenvalue weighted by Crippen LogP contribution is 2.44. The smallest absolute Gasteiger partial charge is 0.407 e. The predicted molar refractivity (Wildman–Crippen MR) is 124 cm³/mol. The van der Waals surface area contributed by atoms with Crippen LogP contribution >= 0.6 is 0 Å². The Bertz CT molecular complexity index is 1060. The van der Waals surface area contributed by atoms with Crippen LogP contribution in [0, 0.1) is 6.92 Å². The van der Waals surface area contributed by atoms with Gasteiger partial charge < -0.3 is 14.8 Å². The number of hydrogen-bond acceptors (Lipinski definition) is 3. The van der Waals surface area contributed by atoms with Crippen molar-refractivity contribution in [1.29, 1.82) is 0 Å². The summed E-state index contributed by atoms with van der Waals surface area (Å²) >= 11 is 0. The lowest BCUT2D eigenvalue weighted by molar-refractivity contribution is 0.143. The molecule has 31 heavy (non-hydrogen) atoms. The molecule has 0 saturated heterocycles. The van der Waals surface area contributed by atoms with Gasteiger partial charge in [-0.05, 0) is 47.7 Å². The third-order valence-corrected chi connectivity index (χ3v) is 5.61. The predicted octanol–water partition coefficient (Wildman–Crippen LogP) is 5.95. The molecule has 4 nitrogen and oxygen atoms in total. The third kappa shape index (κ3) is 4.64. The third-order valence-electron chi connectivity index (χ3n) is 5.61. The second-order valence-electron chi connectivity index (χ2n) is 7.69. The van der Waals surface area contributed by atoms with Crippen molar-refractivity contribution < 1.29 is 14.3 Å². The molecule has 0 radical (unpaired) electrons. The molecule has 4 rings (SSSR count). The summed E-state index contributed by atoms with van der Waals surface area (Å²) in [5.74, 6) is 0.915. The molecule has 4 heteroatoms. The fourth-order valence-electron chi connectivity index (χ4n) is 4.10. The van der Waals surface area contributed by atoms with E-state index in [0.717, 1.165) is 11.3 Å².